The Labute approximate surface area is 249 Å². The predicted molar refractivity (Wildman–Crippen MR) is 165 cm³/mol. The minimum Gasteiger partial charge on any atom is -0.462 e. The monoisotopic (exact) mass is 600 g/mol. The van der Waals surface area contributed by atoms with Gasteiger partial charge in [-0.15, -0.1) is 0 Å². The maximum atomic E-state index is 14.3. The molecule has 3 aliphatic rings. The minimum atomic E-state index is -2.21. The van der Waals surface area contributed by atoms with Crippen LogP contribution in [0.2, 0.25) is 18.1 Å². The molecule has 3 rings (SSSR count). The van der Waals surface area contributed by atoms with E-state index in [0.717, 1.165) is 32.1 Å². The number of hydrogen-bond donors (Lipinski definition) is 0. The summed E-state index contributed by atoms with van der Waals surface area (Å²) in [4.78, 5) is 26.5. The zero-order chi connectivity index (χ0) is 29.8. The van der Waals surface area contributed by atoms with Gasteiger partial charge in [0.1, 0.15) is 6.10 Å². The molecule has 0 bridgehead atoms. The van der Waals surface area contributed by atoms with Crippen LogP contribution >= 0.6 is 23.2 Å². The molecular weight excluding hydrogens is 547 g/mol. The van der Waals surface area contributed by atoms with Crippen molar-refractivity contribution in [2.45, 2.75) is 141 Å². The van der Waals surface area contributed by atoms with Crippen molar-refractivity contribution in [1.82, 2.24) is 0 Å². The van der Waals surface area contributed by atoms with Gasteiger partial charge in [0.2, 0.25) is 0 Å². The Balaban J connectivity index is 2.05. The molecule has 0 aromatic heterocycles. The fourth-order valence-electron chi connectivity index (χ4n) is 7.90. The lowest BCUT2D eigenvalue weighted by molar-refractivity contribution is -0.151. The van der Waals surface area contributed by atoms with Gasteiger partial charge in [-0.3, -0.25) is 9.59 Å². The number of hydrogen-bond acceptors (Lipinski definition) is 4. The number of alkyl halides is 2. The molecule has 0 heterocycles. The summed E-state index contributed by atoms with van der Waals surface area (Å²) in [6.45, 7) is 23.8. The fraction of sp³-hybridized carbons (Fsp3) is 0.875. The maximum Gasteiger partial charge on any atom is 0.302 e. The quantitative estimate of drug-likeness (QED) is 0.126. The fourth-order valence-corrected chi connectivity index (χ4v) is 10.2. The van der Waals surface area contributed by atoms with Crippen molar-refractivity contribution in [2.75, 3.05) is 0 Å². The molecule has 8 atom stereocenters. The van der Waals surface area contributed by atoms with Gasteiger partial charge in [-0.2, -0.15) is 0 Å². The topological polar surface area (TPSA) is 52.6 Å². The van der Waals surface area contributed by atoms with E-state index in [9.17, 15) is 9.59 Å². The van der Waals surface area contributed by atoms with Crippen LogP contribution in [-0.4, -0.2) is 36.1 Å². The number of carbonyl (C=O) groups is 2. The van der Waals surface area contributed by atoms with Crippen LogP contribution in [0.1, 0.15) is 107 Å². The zero-order valence-corrected chi connectivity index (χ0v) is 28.9. The van der Waals surface area contributed by atoms with Crippen LogP contribution in [0.25, 0.3) is 0 Å². The number of ketones is 1. The number of esters is 1. The third-order valence-electron chi connectivity index (χ3n) is 11.0. The predicted octanol–water partition coefficient (Wildman–Crippen LogP) is 9.29. The number of carbonyl (C=O) groups excluding carboxylic acids is 2. The van der Waals surface area contributed by atoms with E-state index in [2.05, 4.69) is 74.6 Å². The first kappa shape index (κ1) is 33.1. The number of halogens is 2. The van der Waals surface area contributed by atoms with E-state index in [1.807, 2.05) is 0 Å². The Bertz CT molecular complexity index is 966. The van der Waals surface area contributed by atoms with Gasteiger partial charge in [0.05, 0.1) is 11.5 Å². The standard InChI is InChI=1S/C32H54Cl2O4Si/c1-20(2)13-12-14-21(3)23-15-16-30(8)17-25-27(28(36)32(33,34)18-24(23)30)26(37-22(4)35)19-31(25,9)38-39(10,11)29(5,6)7/h13,21,23-27H,12,14-19H2,1-11H3/t21-,23+,24-,25-,26+,27-,30+,31-/m1/s1. The van der Waals surface area contributed by atoms with Crippen molar-refractivity contribution >= 4 is 43.3 Å². The van der Waals surface area contributed by atoms with Gasteiger partial charge in [0.25, 0.3) is 0 Å². The molecule has 0 saturated heterocycles. The molecule has 3 saturated carbocycles. The SMILES string of the molecule is CC(=O)O[C@H]1C[C@@](C)(O[Si](C)(C)C(C)(C)C)[C@@H]2C[C@]3(C)CC[C@@H]([C@H](C)CCC=C(C)C)[C@H]3CC(Cl)(Cl)C(=O)[C@@H]12. The lowest BCUT2D eigenvalue weighted by Gasteiger charge is -2.50. The Morgan fingerprint density at radius 1 is 1.10 bits per heavy atom. The van der Waals surface area contributed by atoms with Crippen LogP contribution < -0.4 is 0 Å². The number of fused-ring (bicyclic) bond motifs is 2. The number of Topliss-reactive ketones (excluding diaryl/α,β-unsaturated/α-hetero) is 1. The van der Waals surface area contributed by atoms with Crippen LogP contribution in [0.5, 0.6) is 0 Å². The Morgan fingerprint density at radius 2 is 1.72 bits per heavy atom. The molecule has 224 valence electrons. The highest BCUT2D eigenvalue weighted by molar-refractivity contribution is 6.74. The van der Waals surface area contributed by atoms with Crippen LogP contribution in [0.4, 0.5) is 0 Å². The van der Waals surface area contributed by atoms with Gasteiger partial charge in [-0.25, -0.2) is 0 Å². The molecule has 3 aliphatic carbocycles. The van der Waals surface area contributed by atoms with Crippen LogP contribution in [0.3, 0.4) is 0 Å². The third kappa shape index (κ3) is 6.83. The van der Waals surface area contributed by atoms with Crippen molar-refractivity contribution in [2.24, 2.45) is 35.0 Å². The van der Waals surface area contributed by atoms with Crippen molar-refractivity contribution in [1.29, 1.82) is 0 Å². The summed E-state index contributed by atoms with van der Waals surface area (Å²) in [6.07, 6.45) is 7.96. The molecule has 0 aromatic rings. The van der Waals surface area contributed by atoms with E-state index < -0.39 is 30.3 Å². The van der Waals surface area contributed by atoms with Gasteiger partial charge in [0.15, 0.2) is 18.4 Å². The highest BCUT2D eigenvalue weighted by Gasteiger charge is 2.65. The van der Waals surface area contributed by atoms with Gasteiger partial charge >= 0.3 is 5.97 Å². The minimum absolute atomic E-state index is 0.00495. The summed E-state index contributed by atoms with van der Waals surface area (Å²) < 4.78 is 11.5. The normalized spacial score (nSPS) is 37.4. The average molecular weight is 602 g/mol. The molecule has 3 fully saturated rings. The van der Waals surface area contributed by atoms with Gasteiger partial charge in [0, 0.05) is 19.3 Å². The molecule has 0 radical (unpaired) electrons. The van der Waals surface area contributed by atoms with Crippen molar-refractivity contribution in [3.8, 4) is 0 Å². The second kappa shape index (κ2) is 11.4. The van der Waals surface area contributed by atoms with Crippen molar-refractivity contribution in [3.63, 3.8) is 0 Å². The van der Waals surface area contributed by atoms with E-state index in [-0.39, 0.29) is 34.0 Å². The van der Waals surface area contributed by atoms with E-state index in [0.29, 0.717) is 24.7 Å². The first-order valence-electron chi connectivity index (χ1n) is 15.1. The molecule has 7 heteroatoms. The van der Waals surface area contributed by atoms with E-state index >= 15 is 0 Å². The first-order chi connectivity index (χ1) is 17.6. The molecule has 0 N–H and O–H groups in total. The zero-order valence-electron chi connectivity index (χ0n) is 26.4. The van der Waals surface area contributed by atoms with Crippen molar-refractivity contribution < 1.29 is 18.8 Å². The second-order valence-electron chi connectivity index (χ2n) is 15.4. The molecular formula is C32H54Cl2O4Si. The van der Waals surface area contributed by atoms with Gasteiger partial charge < -0.3 is 9.16 Å². The molecule has 39 heavy (non-hydrogen) atoms. The van der Waals surface area contributed by atoms with Gasteiger partial charge in [-0.1, -0.05) is 69.5 Å². The summed E-state index contributed by atoms with van der Waals surface area (Å²) in [6, 6.07) is 0. The maximum absolute atomic E-state index is 14.3. The smallest absolute Gasteiger partial charge is 0.302 e. The number of rotatable bonds is 7. The summed E-state index contributed by atoms with van der Waals surface area (Å²) in [5, 5.41) is 0.00495. The van der Waals surface area contributed by atoms with Crippen LogP contribution in [0, 0.1) is 35.0 Å². The molecule has 0 unspecified atom stereocenters. The molecule has 0 spiro atoms. The summed E-state index contributed by atoms with van der Waals surface area (Å²) >= 11 is 14.1. The average Bonchev–Trinajstić information content (AvgIpc) is 3.18. The highest BCUT2D eigenvalue weighted by Crippen LogP contribution is 2.63. The highest BCUT2D eigenvalue weighted by atomic mass is 35.5. The van der Waals surface area contributed by atoms with Gasteiger partial charge in [-0.05, 0) is 101 Å². The van der Waals surface area contributed by atoms with Crippen LogP contribution in [-0.2, 0) is 18.8 Å². The molecule has 0 aliphatic heterocycles. The second-order valence-corrected chi connectivity index (χ2v) is 21.6. The molecule has 0 amide bonds. The molecule has 4 nitrogen and oxygen atoms in total. The third-order valence-corrected chi connectivity index (χ3v) is 16.3. The lowest BCUT2D eigenvalue weighted by Crippen LogP contribution is -2.54. The number of allylic oxidation sites excluding steroid dienone is 2. The Hall–Kier alpha value is -0.363. The van der Waals surface area contributed by atoms with E-state index in [1.165, 1.54) is 12.5 Å². The molecule has 0 aromatic carbocycles. The van der Waals surface area contributed by atoms with Crippen LogP contribution in [0.15, 0.2) is 11.6 Å². The largest absolute Gasteiger partial charge is 0.462 e. The summed E-state index contributed by atoms with van der Waals surface area (Å²) in [7, 11) is -2.21. The summed E-state index contributed by atoms with van der Waals surface area (Å²) in [5.41, 5.74) is 0.731. The first-order valence-corrected chi connectivity index (χ1v) is 18.7. The van der Waals surface area contributed by atoms with E-state index in [1.54, 1.807) is 0 Å². The Kier molecular flexibility index (Phi) is 9.67. The Morgan fingerprint density at radius 3 is 2.26 bits per heavy atom. The van der Waals surface area contributed by atoms with Crippen molar-refractivity contribution in [3.05, 3.63) is 11.6 Å². The van der Waals surface area contributed by atoms with E-state index in [4.69, 9.17) is 32.4 Å². The lowest BCUT2D eigenvalue weighted by atomic mass is 9.62. The summed E-state index contributed by atoms with van der Waals surface area (Å²) in [5.74, 6) is 0.00119. The number of ether oxygens (including phenoxy) is 1.